The van der Waals surface area contributed by atoms with Crippen LogP contribution in [0, 0.1) is 5.92 Å². The molecule has 1 atom stereocenters. The van der Waals surface area contributed by atoms with Crippen LogP contribution in [0.25, 0.3) is 0 Å². The smallest absolute Gasteiger partial charge is 0.197 e. The molecule has 0 aliphatic rings. The van der Waals surface area contributed by atoms with Gasteiger partial charge in [0.15, 0.2) is 14.9 Å². The Balaban J connectivity index is 3.08. The minimum atomic E-state index is -3.38. The van der Waals surface area contributed by atoms with Crippen LogP contribution in [0.2, 0.25) is 0 Å². The highest BCUT2D eigenvalue weighted by Gasteiger charge is 2.22. The number of alkyl halides is 1. The maximum Gasteiger partial charge on any atom is 0.197 e. The third-order valence-corrected chi connectivity index (χ3v) is 5.59. The maximum absolute atomic E-state index is 12.0. The molecule has 0 saturated heterocycles. The van der Waals surface area contributed by atoms with E-state index in [1.807, 2.05) is 0 Å². The van der Waals surface area contributed by atoms with E-state index in [1.165, 1.54) is 6.20 Å². The van der Waals surface area contributed by atoms with Crippen molar-refractivity contribution in [2.24, 2.45) is 5.92 Å². The summed E-state index contributed by atoms with van der Waals surface area (Å²) in [6, 6.07) is 1.66. The van der Waals surface area contributed by atoms with E-state index in [4.69, 9.17) is 11.6 Å². The van der Waals surface area contributed by atoms with Gasteiger partial charge in [0.2, 0.25) is 0 Å². The Morgan fingerprint density at radius 2 is 2.12 bits per heavy atom. The number of nitrogens with zero attached hydrogens (tertiary/aromatic N) is 1. The summed E-state index contributed by atoms with van der Waals surface area (Å²) in [6.45, 7) is 1.79. The Hall–Kier alpha value is 0.350. The topological polar surface area (TPSA) is 47.0 Å². The quantitative estimate of drug-likeness (QED) is 0.740. The lowest BCUT2D eigenvalue weighted by Gasteiger charge is -2.09. The summed E-state index contributed by atoms with van der Waals surface area (Å²) in [5.74, 6) is 0.223. The molecule has 1 aromatic rings. The Morgan fingerprint density at radius 1 is 1.50 bits per heavy atom. The van der Waals surface area contributed by atoms with Crippen LogP contribution in [-0.4, -0.2) is 25.0 Å². The number of hydrogen-bond donors (Lipinski definition) is 0. The summed E-state index contributed by atoms with van der Waals surface area (Å²) in [7, 11) is -3.38. The molecule has 7 heteroatoms. The van der Waals surface area contributed by atoms with Gasteiger partial charge in [-0.1, -0.05) is 6.92 Å². The van der Waals surface area contributed by atoms with Crippen molar-refractivity contribution in [3.05, 3.63) is 21.2 Å². The summed E-state index contributed by atoms with van der Waals surface area (Å²) < 4.78 is 25.1. The number of hydrogen-bond acceptors (Lipinski definition) is 3. The molecule has 0 amide bonds. The van der Waals surface area contributed by atoms with Gasteiger partial charge in [0.25, 0.3) is 0 Å². The van der Waals surface area contributed by atoms with Crippen molar-refractivity contribution in [2.75, 3.05) is 11.6 Å². The number of sulfone groups is 1. The second-order valence-corrected chi connectivity index (χ2v) is 7.51. The van der Waals surface area contributed by atoms with Gasteiger partial charge >= 0.3 is 0 Å². The summed E-state index contributed by atoms with van der Waals surface area (Å²) in [6.07, 6.45) is 1.46. The van der Waals surface area contributed by atoms with Crippen LogP contribution in [-0.2, 0) is 9.84 Å². The van der Waals surface area contributed by atoms with E-state index in [1.54, 1.807) is 13.0 Å². The van der Waals surface area contributed by atoms with E-state index >= 15 is 0 Å². The lowest BCUT2D eigenvalue weighted by molar-refractivity contribution is 0.578. The predicted octanol–water partition coefficient (Wildman–Crippen LogP) is 3.26. The summed E-state index contributed by atoms with van der Waals surface area (Å²) >= 11 is 12.0. The fourth-order valence-electron chi connectivity index (χ4n) is 1.13. The molecule has 1 aromatic heterocycles. The monoisotopic (exact) mass is 389 g/mol. The molecule has 1 unspecified atom stereocenters. The van der Waals surface area contributed by atoms with Crippen molar-refractivity contribution < 1.29 is 8.42 Å². The van der Waals surface area contributed by atoms with Crippen molar-refractivity contribution in [1.82, 2.24) is 4.98 Å². The van der Waals surface area contributed by atoms with Crippen LogP contribution in [0.1, 0.15) is 6.92 Å². The Morgan fingerprint density at radius 3 is 2.62 bits per heavy atom. The van der Waals surface area contributed by atoms with Gasteiger partial charge in [-0.2, -0.15) is 0 Å². The fourth-order valence-corrected chi connectivity index (χ4v) is 4.69. The van der Waals surface area contributed by atoms with Crippen molar-refractivity contribution in [3.8, 4) is 0 Å². The van der Waals surface area contributed by atoms with Crippen LogP contribution < -0.4 is 0 Å². The molecular weight excluding hydrogens is 381 g/mol. The first-order valence-corrected chi connectivity index (χ1v) is 8.24. The normalized spacial score (nSPS) is 13.8. The summed E-state index contributed by atoms with van der Waals surface area (Å²) in [4.78, 5) is 3.91. The molecule has 0 bridgehead atoms. The molecule has 0 radical (unpaired) electrons. The van der Waals surface area contributed by atoms with Crippen molar-refractivity contribution in [3.63, 3.8) is 0 Å². The van der Waals surface area contributed by atoms with Gasteiger partial charge in [-0.25, -0.2) is 13.4 Å². The molecule has 0 spiro atoms. The molecular formula is C9H10Br2ClNO2S. The Bertz CT molecular complexity index is 478. The highest BCUT2D eigenvalue weighted by molar-refractivity contribution is 9.11. The zero-order valence-electron chi connectivity index (χ0n) is 8.45. The molecule has 0 aliphatic heterocycles. The van der Waals surface area contributed by atoms with Gasteiger partial charge in [0, 0.05) is 16.5 Å². The zero-order chi connectivity index (χ0) is 12.3. The number of halogens is 3. The number of aromatic nitrogens is 1. The minimum Gasteiger partial charge on any atom is -0.242 e. The molecule has 0 fully saturated rings. The fraction of sp³-hybridized carbons (Fsp3) is 0.444. The number of pyridine rings is 1. The molecule has 0 aliphatic carbocycles. The van der Waals surface area contributed by atoms with E-state index in [-0.39, 0.29) is 16.7 Å². The first-order valence-electron chi connectivity index (χ1n) is 4.46. The predicted molar refractivity (Wildman–Crippen MR) is 71.6 cm³/mol. The van der Waals surface area contributed by atoms with Crippen LogP contribution in [0.4, 0.5) is 0 Å². The second kappa shape index (κ2) is 5.80. The molecule has 90 valence electrons. The Labute approximate surface area is 117 Å². The summed E-state index contributed by atoms with van der Waals surface area (Å²) in [5, 5.41) is 0.0627. The van der Waals surface area contributed by atoms with Crippen LogP contribution in [0.15, 0.2) is 26.2 Å². The lowest BCUT2D eigenvalue weighted by Crippen LogP contribution is -2.16. The third-order valence-electron chi connectivity index (χ3n) is 1.84. The molecule has 0 saturated carbocycles. The van der Waals surface area contributed by atoms with E-state index in [9.17, 15) is 8.42 Å². The maximum atomic E-state index is 12.0. The first kappa shape index (κ1) is 14.4. The first-order chi connectivity index (χ1) is 7.36. The third kappa shape index (κ3) is 3.68. The highest BCUT2D eigenvalue weighted by atomic mass is 79.9. The van der Waals surface area contributed by atoms with Gasteiger partial charge in [0.05, 0.1) is 10.2 Å². The van der Waals surface area contributed by atoms with Crippen molar-refractivity contribution in [2.45, 2.75) is 11.9 Å². The molecule has 0 aromatic carbocycles. The summed E-state index contributed by atoms with van der Waals surface area (Å²) in [5.41, 5.74) is 0. The molecule has 1 heterocycles. The van der Waals surface area contributed by atoms with E-state index < -0.39 is 9.84 Å². The Kier molecular flexibility index (Phi) is 5.22. The van der Waals surface area contributed by atoms with Crippen LogP contribution in [0.5, 0.6) is 0 Å². The molecule has 1 rings (SSSR count). The zero-order valence-corrected chi connectivity index (χ0v) is 13.2. The van der Waals surface area contributed by atoms with E-state index in [2.05, 4.69) is 36.8 Å². The van der Waals surface area contributed by atoms with Gasteiger partial charge in [-0.3, -0.25) is 0 Å². The van der Waals surface area contributed by atoms with Gasteiger partial charge in [-0.15, -0.1) is 11.6 Å². The standard InChI is InChI=1S/C9H10Br2ClNO2S/c1-6(3-12)5-16(14,15)9-8(11)2-7(10)4-13-9/h2,4,6H,3,5H2,1H3. The molecule has 3 nitrogen and oxygen atoms in total. The van der Waals surface area contributed by atoms with Gasteiger partial charge in [-0.05, 0) is 43.8 Å². The van der Waals surface area contributed by atoms with Gasteiger partial charge < -0.3 is 0 Å². The van der Waals surface area contributed by atoms with E-state index in [0.29, 0.717) is 10.4 Å². The number of rotatable bonds is 4. The molecule has 16 heavy (non-hydrogen) atoms. The molecule has 0 N–H and O–H groups in total. The van der Waals surface area contributed by atoms with E-state index in [0.717, 1.165) is 4.47 Å². The minimum absolute atomic E-state index is 0.00370. The lowest BCUT2D eigenvalue weighted by atomic mass is 10.3. The largest absolute Gasteiger partial charge is 0.242 e. The average Bonchev–Trinajstić information content (AvgIpc) is 2.16. The highest BCUT2D eigenvalue weighted by Crippen LogP contribution is 2.25. The SMILES string of the molecule is CC(CCl)CS(=O)(=O)c1ncc(Br)cc1Br. The van der Waals surface area contributed by atoms with Gasteiger partial charge in [0.1, 0.15) is 0 Å². The van der Waals surface area contributed by atoms with Crippen molar-refractivity contribution in [1.29, 1.82) is 0 Å². The average molecular weight is 392 g/mol. The van der Waals surface area contributed by atoms with Crippen molar-refractivity contribution >= 4 is 53.3 Å². The second-order valence-electron chi connectivity index (χ2n) is 3.48. The van der Waals surface area contributed by atoms with Crippen LogP contribution in [0.3, 0.4) is 0 Å². The van der Waals surface area contributed by atoms with Crippen LogP contribution >= 0.6 is 43.5 Å².